The highest BCUT2D eigenvalue weighted by atomic mass is 28.4. The van der Waals surface area contributed by atoms with Gasteiger partial charge in [-0.3, -0.25) is 0 Å². The van der Waals surface area contributed by atoms with E-state index in [1.165, 1.54) is 6.08 Å². The third-order valence-corrected chi connectivity index (χ3v) is 11.6. The van der Waals surface area contributed by atoms with E-state index in [4.69, 9.17) is 13.9 Å². The normalized spacial score (nSPS) is 22.2. The second-order valence-electron chi connectivity index (χ2n) is 11.7. The zero-order chi connectivity index (χ0) is 29.1. The van der Waals surface area contributed by atoms with E-state index < -0.39 is 33.1 Å². The molecule has 1 heterocycles. The monoisotopic (exact) mass is 546 g/mol. The van der Waals surface area contributed by atoms with Gasteiger partial charge in [0.15, 0.2) is 14.4 Å². The number of aliphatic hydroxyl groups excluding tert-OH is 2. The van der Waals surface area contributed by atoms with Crippen molar-refractivity contribution in [3.8, 4) is 0 Å². The van der Waals surface area contributed by atoms with Gasteiger partial charge in [0, 0.05) is 6.08 Å². The maximum absolute atomic E-state index is 12.6. The fourth-order valence-corrected chi connectivity index (χ4v) is 5.27. The predicted molar refractivity (Wildman–Crippen MR) is 158 cm³/mol. The van der Waals surface area contributed by atoms with Crippen LogP contribution in [0.15, 0.2) is 72.9 Å². The lowest BCUT2D eigenvalue weighted by Crippen LogP contribution is -2.43. The Morgan fingerprint density at radius 3 is 2.45 bits per heavy atom. The first-order valence-electron chi connectivity index (χ1n) is 13.4. The molecule has 1 aliphatic heterocycles. The molecule has 5 atom stereocenters. The molecule has 2 N–H and O–H groups in total. The highest BCUT2D eigenvalue weighted by Crippen LogP contribution is 2.38. The Morgan fingerprint density at radius 2 is 1.89 bits per heavy atom. The highest BCUT2D eigenvalue weighted by Gasteiger charge is 2.38. The average molecular weight is 547 g/mol. The van der Waals surface area contributed by atoms with E-state index in [1.807, 2.05) is 31.2 Å². The molecule has 0 amide bonds. The summed E-state index contributed by atoms with van der Waals surface area (Å²) in [5, 5.41) is 20.0. The fraction of sp³-hybridized carbons (Fsp3) is 0.581. The van der Waals surface area contributed by atoms with Crippen LogP contribution in [-0.4, -0.2) is 61.6 Å². The molecule has 0 bridgehead atoms. The number of ether oxygens (including phenoxy) is 2. The van der Waals surface area contributed by atoms with E-state index in [0.29, 0.717) is 24.8 Å². The van der Waals surface area contributed by atoms with E-state index in [1.54, 1.807) is 13.0 Å². The van der Waals surface area contributed by atoms with Crippen molar-refractivity contribution in [1.29, 1.82) is 0 Å². The largest absolute Gasteiger partial charge is 0.452 e. The molecule has 0 aromatic carbocycles. The third kappa shape index (κ3) is 11.4. The van der Waals surface area contributed by atoms with Gasteiger partial charge in [0.1, 0.15) is 6.10 Å². The van der Waals surface area contributed by atoms with E-state index in [-0.39, 0.29) is 23.4 Å². The molecule has 0 radical (unpaired) electrons. The van der Waals surface area contributed by atoms with Gasteiger partial charge in [0.2, 0.25) is 0 Å². The number of aliphatic hydroxyl groups is 2. The minimum Gasteiger partial charge on any atom is -0.452 e. The molecule has 6 nitrogen and oxygen atoms in total. The van der Waals surface area contributed by atoms with Gasteiger partial charge in [-0.05, 0) is 63.2 Å². The Labute approximate surface area is 231 Å². The second kappa shape index (κ2) is 15.5. The van der Waals surface area contributed by atoms with Crippen molar-refractivity contribution in [2.24, 2.45) is 0 Å². The minimum atomic E-state index is -1.94. The van der Waals surface area contributed by atoms with E-state index in [0.717, 1.165) is 17.6 Å². The molecule has 0 aliphatic carbocycles. The molecule has 0 spiro atoms. The highest BCUT2D eigenvalue weighted by molar-refractivity contribution is 6.74. The summed E-state index contributed by atoms with van der Waals surface area (Å²) < 4.78 is 18.1. The lowest BCUT2D eigenvalue weighted by atomic mass is 9.95. The van der Waals surface area contributed by atoms with Crippen LogP contribution in [0.3, 0.4) is 0 Å². The molecular weight excluding hydrogens is 496 g/mol. The third-order valence-electron chi connectivity index (χ3n) is 7.13. The average Bonchev–Trinajstić information content (AvgIpc) is 2.80. The van der Waals surface area contributed by atoms with E-state index >= 15 is 0 Å². The van der Waals surface area contributed by atoms with Gasteiger partial charge < -0.3 is 24.1 Å². The fourth-order valence-electron chi connectivity index (χ4n) is 3.98. The lowest BCUT2D eigenvalue weighted by molar-refractivity contribution is -0.147. The standard InChI is InChI=1S/C31H50O6Si/c1-11-14-26-18-23(4)19-27(35-26)20-24(5)30(28(33)21-32)36-29(34)16-13-15-22(3)17-25(12-2)37-38(9,10)31(6,7)8/h11-13,15-16,20,25-28,30,32-33H,1-2,4,14,17-19,21H2,3,5-10H3/b16-13+,22-15-,24-20+/t25?,26-,27-,28+,30-/m0/s1. The topological polar surface area (TPSA) is 85.2 Å². The Bertz CT molecular complexity index is 908. The smallest absolute Gasteiger partial charge is 0.331 e. The maximum atomic E-state index is 12.6. The molecule has 0 aromatic rings. The Kier molecular flexibility index (Phi) is 13.9. The summed E-state index contributed by atoms with van der Waals surface area (Å²) in [4.78, 5) is 12.6. The molecule has 1 rings (SSSR count). The number of carbonyl (C=O) groups excluding carboxylic acids is 1. The van der Waals surface area contributed by atoms with Crippen molar-refractivity contribution in [3.63, 3.8) is 0 Å². The van der Waals surface area contributed by atoms with Crippen LogP contribution >= 0.6 is 0 Å². The molecular formula is C31H50O6Si. The van der Waals surface area contributed by atoms with Gasteiger partial charge in [-0.25, -0.2) is 4.79 Å². The molecule has 0 aromatic heterocycles. The molecule has 214 valence electrons. The summed E-state index contributed by atoms with van der Waals surface area (Å²) in [7, 11) is -1.94. The van der Waals surface area contributed by atoms with E-state index in [9.17, 15) is 15.0 Å². The Balaban J connectivity index is 2.86. The van der Waals surface area contributed by atoms with Crippen molar-refractivity contribution < 1.29 is 28.9 Å². The molecule has 1 saturated heterocycles. The van der Waals surface area contributed by atoms with Crippen molar-refractivity contribution in [2.45, 2.75) is 109 Å². The summed E-state index contributed by atoms with van der Waals surface area (Å²) in [6, 6.07) is 0. The van der Waals surface area contributed by atoms with Crippen molar-refractivity contribution in [1.82, 2.24) is 0 Å². The van der Waals surface area contributed by atoms with Crippen LogP contribution in [-0.2, 0) is 18.7 Å². The summed E-state index contributed by atoms with van der Waals surface area (Å²) in [6.07, 6.45) is 10.5. The summed E-state index contributed by atoms with van der Waals surface area (Å²) in [6.45, 7) is 26.0. The number of rotatable bonds is 14. The van der Waals surface area contributed by atoms with Gasteiger partial charge >= 0.3 is 5.97 Å². The van der Waals surface area contributed by atoms with Crippen LogP contribution in [0.25, 0.3) is 0 Å². The first-order chi connectivity index (χ1) is 17.6. The van der Waals surface area contributed by atoms with Gasteiger partial charge in [-0.2, -0.15) is 0 Å². The van der Waals surface area contributed by atoms with Crippen LogP contribution in [0.4, 0.5) is 0 Å². The number of esters is 1. The van der Waals surface area contributed by atoms with Crippen LogP contribution in [0.1, 0.15) is 60.3 Å². The summed E-state index contributed by atoms with van der Waals surface area (Å²) >= 11 is 0. The number of hydrogen-bond donors (Lipinski definition) is 2. The first kappa shape index (κ1) is 34.0. The number of carbonyl (C=O) groups is 1. The molecule has 0 saturated carbocycles. The maximum Gasteiger partial charge on any atom is 0.331 e. The number of hydrogen-bond acceptors (Lipinski definition) is 6. The van der Waals surface area contributed by atoms with Gasteiger partial charge in [-0.1, -0.05) is 68.9 Å². The minimum absolute atomic E-state index is 0.00232. The van der Waals surface area contributed by atoms with Gasteiger partial charge in [-0.15, -0.1) is 13.2 Å². The molecule has 38 heavy (non-hydrogen) atoms. The Morgan fingerprint density at radius 1 is 1.24 bits per heavy atom. The van der Waals surface area contributed by atoms with E-state index in [2.05, 4.69) is 53.6 Å². The summed E-state index contributed by atoms with van der Waals surface area (Å²) in [5.74, 6) is -0.615. The SMILES string of the molecule is C=CC[C@H]1CC(=C)C[C@@H](/C=C(\C)[C@H](OC(=O)/C=C/C=C(/C)CC(C=C)O[Si](C)(C)C(C)(C)C)[C@H](O)CO)O1. The predicted octanol–water partition coefficient (Wildman–Crippen LogP) is 6.35. The summed E-state index contributed by atoms with van der Waals surface area (Å²) in [5.41, 5.74) is 2.71. The molecule has 1 aliphatic rings. The zero-order valence-electron chi connectivity index (χ0n) is 24.5. The van der Waals surface area contributed by atoms with Gasteiger partial charge in [0.05, 0.1) is 24.9 Å². The lowest BCUT2D eigenvalue weighted by Gasteiger charge is -2.38. The molecule has 1 fully saturated rings. The Hall–Kier alpha value is -2.03. The van der Waals surface area contributed by atoms with Gasteiger partial charge in [0.25, 0.3) is 0 Å². The van der Waals surface area contributed by atoms with Crippen LogP contribution in [0, 0.1) is 0 Å². The molecule has 7 heteroatoms. The quantitative estimate of drug-likeness (QED) is 0.0869. The van der Waals surface area contributed by atoms with Crippen molar-refractivity contribution in [2.75, 3.05) is 6.61 Å². The van der Waals surface area contributed by atoms with Crippen molar-refractivity contribution >= 4 is 14.3 Å². The van der Waals surface area contributed by atoms with Crippen molar-refractivity contribution in [3.05, 3.63) is 72.9 Å². The zero-order valence-corrected chi connectivity index (χ0v) is 25.5. The molecule has 1 unspecified atom stereocenters. The first-order valence-corrected chi connectivity index (χ1v) is 16.3. The second-order valence-corrected chi connectivity index (χ2v) is 16.5. The number of allylic oxidation sites excluding steroid dienone is 2. The van der Waals surface area contributed by atoms with Crippen LogP contribution in [0.2, 0.25) is 18.1 Å². The van der Waals surface area contributed by atoms with Crippen LogP contribution in [0.5, 0.6) is 0 Å². The van der Waals surface area contributed by atoms with Crippen LogP contribution < -0.4 is 0 Å².